The maximum Gasteiger partial charge on any atom is 0.251 e. The molecule has 100 valence electrons. The van der Waals surface area contributed by atoms with Crippen molar-refractivity contribution in [1.29, 1.82) is 0 Å². The summed E-state index contributed by atoms with van der Waals surface area (Å²) in [5.41, 5.74) is 1.38. The summed E-state index contributed by atoms with van der Waals surface area (Å²) in [7, 11) is 0. The van der Waals surface area contributed by atoms with Crippen LogP contribution in [0.2, 0.25) is 0 Å². The monoisotopic (exact) mass is 275 g/mol. The molecule has 0 radical (unpaired) electrons. The van der Waals surface area contributed by atoms with Gasteiger partial charge < -0.3 is 10.4 Å². The Morgan fingerprint density at radius 3 is 2.63 bits per heavy atom. The topological polar surface area (TPSA) is 49.3 Å². The molecule has 1 aromatic heterocycles. The highest BCUT2D eigenvalue weighted by Gasteiger charge is 2.09. The van der Waals surface area contributed by atoms with Crippen LogP contribution in [0.5, 0.6) is 5.75 Å². The van der Waals surface area contributed by atoms with E-state index in [0.717, 1.165) is 16.9 Å². The van der Waals surface area contributed by atoms with E-state index in [1.165, 1.54) is 10.9 Å². The minimum absolute atomic E-state index is 0.107. The van der Waals surface area contributed by atoms with Crippen molar-refractivity contribution >= 4 is 17.2 Å². The Bertz CT molecular complexity index is 590. The van der Waals surface area contributed by atoms with Crippen LogP contribution < -0.4 is 5.32 Å². The normalized spacial score (nSPS) is 10.4. The molecule has 1 aromatic carbocycles. The quantitative estimate of drug-likeness (QED) is 0.900. The second-order valence-corrected chi connectivity index (χ2v) is 5.66. The van der Waals surface area contributed by atoms with Gasteiger partial charge in [0.05, 0.1) is 6.54 Å². The van der Waals surface area contributed by atoms with Crippen molar-refractivity contribution in [2.75, 3.05) is 0 Å². The second-order valence-electron chi connectivity index (χ2n) is 4.40. The van der Waals surface area contributed by atoms with Crippen LogP contribution in [0.1, 0.15) is 32.6 Å². The van der Waals surface area contributed by atoms with Crippen LogP contribution in [0.3, 0.4) is 0 Å². The fourth-order valence-corrected chi connectivity index (χ4v) is 2.77. The van der Waals surface area contributed by atoms with Crippen LogP contribution in [0.25, 0.3) is 0 Å². The number of benzene rings is 1. The Morgan fingerprint density at radius 2 is 2.00 bits per heavy atom. The van der Waals surface area contributed by atoms with E-state index in [-0.39, 0.29) is 11.7 Å². The molecule has 4 heteroatoms. The van der Waals surface area contributed by atoms with E-state index in [2.05, 4.69) is 18.3 Å². The lowest BCUT2D eigenvalue weighted by Gasteiger charge is -2.07. The summed E-state index contributed by atoms with van der Waals surface area (Å²) < 4.78 is 0. The Hall–Kier alpha value is -1.81. The minimum atomic E-state index is -0.107. The minimum Gasteiger partial charge on any atom is -0.508 e. The van der Waals surface area contributed by atoms with Gasteiger partial charge in [-0.1, -0.05) is 6.92 Å². The molecule has 2 N–H and O–H groups in total. The van der Waals surface area contributed by atoms with Gasteiger partial charge in [-0.25, -0.2) is 0 Å². The molecule has 0 unspecified atom stereocenters. The van der Waals surface area contributed by atoms with Gasteiger partial charge in [0.25, 0.3) is 5.91 Å². The summed E-state index contributed by atoms with van der Waals surface area (Å²) in [6, 6.07) is 8.91. The SMILES string of the molecule is CCc1ccc(CNC(=O)c2ccc(O)cc2C)s1. The number of thiophene rings is 1. The third kappa shape index (κ3) is 3.35. The van der Waals surface area contributed by atoms with Gasteiger partial charge in [0, 0.05) is 15.3 Å². The number of aromatic hydroxyl groups is 1. The van der Waals surface area contributed by atoms with Gasteiger partial charge >= 0.3 is 0 Å². The zero-order chi connectivity index (χ0) is 13.8. The van der Waals surface area contributed by atoms with Crippen molar-refractivity contribution < 1.29 is 9.90 Å². The number of nitrogens with one attached hydrogen (secondary N) is 1. The lowest BCUT2D eigenvalue weighted by Crippen LogP contribution is -2.23. The molecule has 0 fully saturated rings. The van der Waals surface area contributed by atoms with Gasteiger partial charge in [0.1, 0.15) is 5.75 Å². The summed E-state index contributed by atoms with van der Waals surface area (Å²) in [5, 5.41) is 12.2. The smallest absolute Gasteiger partial charge is 0.251 e. The third-order valence-corrected chi connectivity index (χ3v) is 4.17. The molecule has 0 atom stereocenters. The van der Waals surface area contributed by atoms with Crippen LogP contribution in [0.4, 0.5) is 0 Å². The number of hydrogen-bond donors (Lipinski definition) is 2. The van der Waals surface area contributed by atoms with Gasteiger partial charge in [-0.2, -0.15) is 0 Å². The van der Waals surface area contributed by atoms with Crippen LogP contribution >= 0.6 is 11.3 Å². The highest BCUT2D eigenvalue weighted by atomic mass is 32.1. The first-order valence-electron chi connectivity index (χ1n) is 6.25. The fourth-order valence-electron chi connectivity index (χ4n) is 1.87. The molecule has 0 spiro atoms. The standard InChI is InChI=1S/C15H17NO2S/c1-3-12-5-6-13(19-12)9-16-15(18)14-7-4-11(17)8-10(14)2/h4-8,17H,3,9H2,1-2H3,(H,16,18). The summed E-state index contributed by atoms with van der Waals surface area (Å²) in [6.45, 7) is 4.48. The van der Waals surface area contributed by atoms with Gasteiger partial charge in [0.2, 0.25) is 0 Å². The van der Waals surface area contributed by atoms with Crippen LogP contribution in [0.15, 0.2) is 30.3 Å². The average molecular weight is 275 g/mol. The van der Waals surface area contributed by atoms with Gasteiger partial charge in [-0.05, 0) is 49.2 Å². The Morgan fingerprint density at radius 1 is 1.26 bits per heavy atom. The molecule has 0 bridgehead atoms. The van der Waals surface area contributed by atoms with Crippen LogP contribution in [-0.2, 0) is 13.0 Å². The molecule has 2 aromatic rings. The van der Waals surface area contributed by atoms with E-state index in [9.17, 15) is 9.90 Å². The molecule has 0 aliphatic rings. The van der Waals surface area contributed by atoms with E-state index in [1.54, 1.807) is 23.5 Å². The van der Waals surface area contributed by atoms with Crippen molar-refractivity contribution in [1.82, 2.24) is 5.32 Å². The van der Waals surface area contributed by atoms with Crippen molar-refractivity contribution in [2.24, 2.45) is 0 Å². The van der Waals surface area contributed by atoms with Crippen molar-refractivity contribution in [3.63, 3.8) is 0 Å². The predicted molar refractivity (Wildman–Crippen MR) is 77.7 cm³/mol. The van der Waals surface area contributed by atoms with Crippen molar-refractivity contribution in [2.45, 2.75) is 26.8 Å². The molecule has 1 heterocycles. The number of aryl methyl sites for hydroxylation is 2. The van der Waals surface area contributed by atoms with Gasteiger partial charge in [-0.3, -0.25) is 4.79 Å². The zero-order valence-electron chi connectivity index (χ0n) is 11.1. The van der Waals surface area contributed by atoms with Crippen LogP contribution in [0, 0.1) is 6.92 Å². The Balaban J connectivity index is 2.01. The number of hydrogen-bond acceptors (Lipinski definition) is 3. The lowest BCUT2D eigenvalue weighted by molar-refractivity contribution is 0.0950. The van der Waals surface area contributed by atoms with Gasteiger partial charge in [0.15, 0.2) is 0 Å². The van der Waals surface area contributed by atoms with E-state index in [0.29, 0.717) is 12.1 Å². The molecule has 1 amide bonds. The van der Waals surface area contributed by atoms with E-state index >= 15 is 0 Å². The number of amides is 1. The number of phenols is 1. The first-order chi connectivity index (χ1) is 9.10. The Labute approximate surface area is 116 Å². The van der Waals surface area contributed by atoms with E-state index < -0.39 is 0 Å². The Kier molecular flexibility index (Phi) is 4.22. The summed E-state index contributed by atoms with van der Waals surface area (Å²) in [4.78, 5) is 14.5. The van der Waals surface area contributed by atoms with Crippen LogP contribution in [-0.4, -0.2) is 11.0 Å². The predicted octanol–water partition coefficient (Wildman–Crippen LogP) is 3.25. The number of carbonyl (C=O) groups excluding carboxylic acids is 1. The van der Waals surface area contributed by atoms with Gasteiger partial charge in [-0.15, -0.1) is 11.3 Å². The fraction of sp³-hybridized carbons (Fsp3) is 0.267. The van der Waals surface area contributed by atoms with Crippen molar-refractivity contribution in [3.8, 4) is 5.75 Å². The van der Waals surface area contributed by atoms with E-state index in [1.807, 2.05) is 13.0 Å². The molecular formula is C15H17NO2S. The molecule has 3 nitrogen and oxygen atoms in total. The summed E-state index contributed by atoms with van der Waals surface area (Å²) in [5.74, 6) is 0.0730. The molecular weight excluding hydrogens is 258 g/mol. The van der Waals surface area contributed by atoms with E-state index in [4.69, 9.17) is 0 Å². The number of carbonyl (C=O) groups is 1. The molecule has 0 saturated carbocycles. The summed E-state index contributed by atoms with van der Waals surface area (Å²) >= 11 is 1.72. The van der Waals surface area contributed by atoms with Crippen molar-refractivity contribution in [3.05, 3.63) is 51.2 Å². The largest absolute Gasteiger partial charge is 0.508 e. The molecule has 0 aliphatic carbocycles. The highest BCUT2D eigenvalue weighted by molar-refractivity contribution is 7.11. The lowest BCUT2D eigenvalue weighted by atomic mass is 10.1. The molecule has 2 rings (SSSR count). The first-order valence-corrected chi connectivity index (χ1v) is 7.07. The second kappa shape index (κ2) is 5.89. The molecule has 19 heavy (non-hydrogen) atoms. The summed E-state index contributed by atoms with van der Waals surface area (Å²) in [6.07, 6.45) is 1.02. The molecule has 0 aliphatic heterocycles. The average Bonchev–Trinajstić information content (AvgIpc) is 2.84. The number of phenolic OH excluding ortho intramolecular Hbond substituents is 1. The maximum atomic E-state index is 12.0. The molecule has 0 saturated heterocycles. The highest BCUT2D eigenvalue weighted by Crippen LogP contribution is 2.18. The third-order valence-electron chi connectivity index (χ3n) is 2.94. The number of rotatable bonds is 4. The first kappa shape index (κ1) is 13.6. The zero-order valence-corrected chi connectivity index (χ0v) is 11.9. The maximum absolute atomic E-state index is 12.0.